The van der Waals surface area contributed by atoms with E-state index in [1.54, 1.807) is 0 Å². The molecule has 5 heteroatoms. The van der Waals surface area contributed by atoms with Crippen molar-refractivity contribution in [3.8, 4) is 0 Å². The summed E-state index contributed by atoms with van der Waals surface area (Å²) in [5, 5.41) is 6.54. The second kappa shape index (κ2) is 7.62. The van der Waals surface area contributed by atoms with Crippen LogP contribution in [0, 0.1) is 11.3 Å². The van der Waals surface area contributed by atoms with Gasteiger partial charge in [-0.2, -0.15) is 0 Å². The number of rotatable bonds is 2. The Morgan fingerprint density at radius 1 is 1.20 bits per heavy atom. The zero-order valence-electron chi connectivity index (χ0n) is 12.9. The zero-order valence-corrected chi connectivity index (χ0v) is 13.7. The van der Waals surface area contributed by atoms with E-state index in [9.17, 15) is 4.79 Å². The van der Waals surface area contributed by atoms with Gasteiger partial charge in [0.05, 0.1) is 6.10 Å². The molecule has 0 aliphatic carbocycles. The standard InChI is InChI=1S/C15H28N2O2.ClH/c1-15(2,3)13-10-12(6-9-19-13)17-14(18)11-4-7-16-8-5-11;/h11-13,16H,4-10H2,1-3H3,(H,17,18);1H. The topological polar surface area (TPSA) is 50.4 Å². The number of amides is 1. The van der Waals surface area contributed by atoms with Gasteiger partial charge in [0.2, 0.25) is 5.91 Å². The third kappa shape index (κ3) is 4.90. The minimum atomic E-state index is 0. The molecular formula is C15H29ClN2O2. The van der Waals surface area contributed by atoms with Gasteiger partial charge in [0, 0.05) is 18.6 Å². The lowest BCUT2D eigenvalue weighted by Crippen LogP contribution is -2.48. The Hall–Kier alpha value is -0.320. The summed E-state index contributed by atoms with van der Waals surface area (Å²) >= 11 is 0. The molecule has 2 aliphatic rings. The van der Waals surface area contributed by atoms with Crippen LogP contribution >= 0.6 is 12.4 Å². The van der Waals surface area contributed by atoms with Crippen molar-refractivity contribution in [2.24, 2.45) is 11.3 Å². The van der Waals surface area contributed by atoms with E-state index in [1.165, 1.54) is 0 Å². The van der Waals surface area contributed by atoms with Crippen LogP contribution in [0.15, 0.2) is 0 Å². The van der Waals surface area contributed by atoms with Crippen molar-refractivity contribution in [1.82, 2.24) is 10.6 Å². The van der Waals surface area contributed by atoms with Crippen molar-refractivity contribution in [3.63, 3.8) is 0 Å². The fraction of sp³-hybridized carbons (Fsp3) is 0.933. The molecule has 118 valence electrons. The lowest BCUT2D eigenvalue weighted by molar-refractivity contribution is -0.128. The number of halogens is 1. The van der Waals surface area contributed by atoms with Crippen LogP contribution in [0.5, 0.6) is 0 Å². The zero-order chi connectivity index (χ0) is 13.9. The highest BCUT2D eigenvalue weighted by molar-refractivity contribution is 5.85. The van der Waals surface area contributed by atoms with Gasteiger partial charge in [-0.05, 0) is 44.2 Å². The molecule has 2 fully saturated rings. The molecule has 2 atom stereocenters. The fourth-order valence-electron chi connectivity index (χ4n) is 2.93. The van der Waals surface area contributed by atoms with Crippen LogP contribution in [0.2, 0.25) is 0 Å². The molecule has 2 aliphatic heterocycles. The third-order valence-electron chi connectivity index (χ3n) is 4.31. The van der Waals surface area contributed by atoms with Gasteiger partial charge in [0.15, 0.2) is 0 Å². The lowest BCUT2D eigenvalue weighted by Gasteiger charge is -2.38. The average molecular weight is 305 g/mol. The van der Waals surface area contributed by atoms with Crippen LogP contribution in [-0.2, 0) is 9.53 Å². The SMILES string of the molecule is CC(C)(C)C1CC(NC(=O)C2CCNCC2)CCO1.Cl. The van der Waals surface area contributed by atoms with Gasteiger partial charge in [-0.25, -0.2) is 0 Å². The number of carbonyl (C=O) groups is 1. The predicted molar refractivity (Wildman–Crippen MR) is 83.2 cm³/mol. The van der Waals surface area contributed by atoms with Gasteiger partial charge in [0.25, 0.3) is 0 Å². The summed E-state index contributed by atoms with van der Waals surface area (Å²) in [6.45, 7) is 9.31. The molecule has 0 saturated carbocycles. The van der Waals surface area contributed by atoms with E-state index in [4.69, 9.17) is 4.74 Å². The molecule has 0 radical (unpaired) electrons. The van der Waals surface area contributed by atoms with Crippen LogP contribution in [0.4, 0.5) is 0 Å². The third-order valence-corrected chi connectivity index (χ3v) is 4.31. The molecule has 0 spiro atoms. The van der Waals surface area contributed by atoms with Gasteiger partial charge in [-0.15, -0.1) is 12.4 Å². The summed E-state index contributed by atoms with van der Waals surface area (Å²) in [6, 6.07) is 0.292. The Morgan fingerprint density at radius 2 is 1.85 bits per heavy atom. The molecule has 0 aromatic rings. The molecule has 2 heterocycles. The van der Waals surface area contributed by atoms with Gasteiger partial charge in [0.1, 0.15) is 0 Å². The highest BCUT2D eigenvalue weighted by atomic mass is 35.5. The summed E-state index contributed by atoms with van der Waals surface area (Å²) in [7, 11) is 0. The quantitative estimate of drug-likeness (QED) is 0.821. The highest BCUT2D eigenvalue weighted by Gasteiger charge is 2.33. The molecule has 2 N–H and O–H groups in total. The monoisotopic (exact) mass is 304 g/mol. The Morgan fingerprint density at radius 3 is 2.45 bits per heavy atom. The van der Waals surface area contributed by atoms with E-state index in [-0.39, 0.29) is 35.8 Å². The van der Waals surface area contributed by atoms with Crippen LogP contribution in [0.3, 0.4) is 0 Å². The Kier molecular flexibility index (Phi) is 6.76. The normalized spacial score (nSPS) is 28.6. The van der Waals surface area contributed by atoms with Crippen molar-refractivity contribution < 1.29 is 9.53 Å². The van der Waals surface area contributed by atoms with Crippen LogP contribution in [-0.4, -0.2) is 37.7 Å². The Labute approximate surface area is 128 Å². The molecule has 2 saturated heterocycles. The Bertz CT molecular complexity index is 311. The van der Waals surface area contributed by atoms with Crippen LogP contribution in [0.1, 0.15) is 46.5 Å². The van der Waals surface area contributed by atoms with E-state index in [0.717, 1.165) is 45.4 Å². The summed E-state index contributed by atoms with van der Waals surface area (Å²) in [6.07, 6.45) is 4.08. The molecule has 0 aromatic carbocycles. The maximum Gasteiger partial charge on any atom is 0.223 e. The largest absolute Gasteiger partial charge is 0.378 e. The average Bonchev–Trinajstić information content (AvgIpc) is 2.39. The number of nitrogens with one attached hydrogen (secondary N) is 2. The summed E-state index contributed by atoms with van der Waals surface area (Å²) in [4.78, 5) is 12.2. The molecule has 20 heavy (non-hydrogen) atoms. The van der Waals surface area contributed by atoms with Crippen molar-refractivity contribution >= 4 is 18.3 Å². The first-order chi connectivity index (χ1) is 8.97. The van der Waals surface area contributed by atoms with E-state index in [2.05, 4.69) is 31.4 Å². The van der Waals surface area contributed by atoms with Crippen molar-refractivity contribution in [2.75, 3.05) is 19.7 Å². The first kappa shape index (κ1) is 17.7. The fourth-order valence-corrected chi connectivity index (χ4v) is 2.93. The minimum Gasteiger partial charge on any atom is -0.378 e. The van der Waals surface area contributed by atoms with E-state index in [1.807, 2.05) is 0 Å². The summed E-state index contributed by atoms with van der Waals surface area (Å²) in [5.41, 5.74) is 0.151. The molecular weight excluding hydrogens is 276 g/mol. The van der Waals surface area contributed by atoms with Gasteiger partial charge < -0.3 is 15.4 Å². The maximum absolute atomic E-state index is 12.2. The van der Waals surface area contributed by atoms with E-state index in [0.29, 0.717) is 6.04 Å². The number of piperidine rings is 1. The molecule has 1 amide bonds. The highest BCUT2D eigenvalue weighted by Crippen LogP contribution is 2.29. The summed E-state index contributed by atoms with van der Waals surface area (Å²) in [5.74, 6) is 0.457. The van der Waals surface area contributed by atoms with Crippen molar-refractivity contribution in [2.45, 2.75) is 58.6 Å². The molecule has 4 nitrogen and oxygen atoms in total. The van der Waals surface area contributed by atoms with E-state index < -0.39 is 0 Å². The second-order valence-electron chi connectivity index (χ2n) is 6.98. The number of ether oxygens (including phenoxy) is 1. The van der Waals surface area contributed by atoms with E-state index >= 15 is 0 Å². The molecule has 0 bridgehead atoms. The number of hydrogen-bond acceptors (Lipinski definition) is 3. The first-order valence-electron chi connectivity index (χ1n) is 7.59. The van der Waals surface area contributed by atoms with Gasteiger partial charge in [-0.1, -0.05) is 20.8 Å². The van der Waals surface area contributed by atoms with Gasteiger partial charge in [-0.3, -0.25) is 4.79 Å². The number of carbonyl (C=O) groups excluding carboxylic acids is 1. The van der Waals surface area contributed by atoms with Gasteiger partial charge >= 0.3 is 0 Å². The molecule has 2 unspecified atom stereocenters. The maximum atomic E-state index is 12.2. The molecule has 2 rings (SSSR count). The van der Waals surface area contributed by atoms with Crippen molar-refractivity contribution in [3.05, 3.63) is 0 Å². The van der Waals surface area contributed by atoms with Crippen LogP contribution in [0.25, 0.3) is 0 Å². The number of hydrogen-bond donors (Lipinski definition) is 2. The first-order valence-corrected chi connectivity index (χ1v) is 7.59. The smallest absolute Gasteiger partial charge is 0.223 e. The molecule has 0 aromatic heterocycles. The lowest BCUT2D eigenvalue weighted by atomic mass is 9.83. The minimum absolute atomic E-state index is 0. The second-order valence-corrected chi connectivity index (χ2v) is 6.98. The Balaban J connectivity index is 0.00000200. The summed E-state index contributed by atoms with van der Waals surface area (Å²) < 4.78 is 5.84. The predicted octanol–water partition coefficient (Wildman–Crippen LogP) is 2.12. The van der Waals surface area contributed by atoms with Crippen LogP contribution < -0.4 is 10.6 Å². The van der Waals surface area contributed by atoms with Crippen molar-refractivity contribution in [1.29, 1.82) is 0 Å².